The van der Waals surface area contributed by atoms with E-state index in [1.54, 1.807) is 0 Å². The number of benzene rings is 1. The van der Waals surface area contributed by atoms with Gasteiger partial charge in [-0.1, -0.05) is 62.7 Å². The van der Waals surface area contributed by atoms with Crippen LogP contribution >= 0.6 is 11.6 Å². The van der Waals surface area contributed by atoms with Crippen LogP contribution in [0.25, 0.3) is 0 Å². The highest BCUT2D eigenvalue weighted by Gasteiger charge is 2.36. The zero-order valence-electron chi connectivity index (χ0n) is 13.4. The summed E-state index contributed by atoms with van der Waals surface area (Å²) in [6, 6.07) is 7.95. The topological polar surface area (TPSA) is 9.23 Å². The summed E-state index contributed by atoms with van der Waals surface area (Å²) in [6.07, 6.45) is 1.73. The SMILES string of the molecule is C=C(CCO[Si](C)(C)C(C)(C)C)Cc1ccccc1Cl. The standard InChI is InChI=1S/C17H27ClOSi/c1-14(13-15-9-7-8-10-16(15)18)11-12-19-20(5,6)17(2,3)4/h7-10H,1,11-13H2,2-6H3. The van der Waals surface area contributed by atoms with Gasteiger partial charge < -0.3 is 4.43 Å². The number of hydrogen-bond donors (Lipinski definition) is 0. The fraction of sp³-hybridized carbons (Fsp3) is 0.529. The molecular formula is C17H27ClOSi. The summed E-state index contributed by atoms with van der Waals surface area (Å²) in [5, 5.41) is 1.08. The largest absolute Gasteiger partial charge is 0.417 e. The summed E-state index contributed by atoms with van der Waals surface area (Å²) >= 11 is 6.17. The molecule has 0 unspecified atom stereocenters. The molecule has 112 valence electrons. The summed E-state index contributed by atoms with van der Waals surface area (Å²) in [5.74, 6) is 0. The molecule has 0 saturated heterocycles. The van der Waals surface area contributed by atoms with Crippen molar-refractivity contribution >= 4 is 19.9 Å². The van der Waals surface area contributed by atoms with Crippen molar-refractivity contribution in [1.82, 2.24) is 0 Å². The number of halogens is 1. The Kier molecular flexibility index (Phi) is 6.05. The van der Waals surface area contributed by atoms with Gasteiger partial charge in [0.25, 0.3) is 0 Å². The van der Waals surface area contributed by atoms with Crippen LogP contribution in [0.2, 0.25) is 23.2 Å². The van der Waals surface area contributed by atoms with E-state index in [0.717, 1.165) is 30.0 Å². The highest BCUT2D eigenvalue weighted by atomic mass is 35.5. The Morgan fingerprint density at radius 3 is 2.40 bits per heavy atom. The van der Waals surface area contributed by atoms with E-state index in [-0.39, 0.29) is 5.04 Å². The van der Waals surface area contributed by atoms with Crippen LogP contribution in [0.5, 0.6) is 0 Å². The lowest BCUT2D eigenvalue weighted by atomic mass is 10.0. The molecule has 0 saturated carbocycles. The third-order valence-corrected chi connectivity index (χ3v) is 9.03. The lowest BCUT2D eigenvalue weighted by Gasteiger charge is -2.36. The summed E-state index contributed by atoms with van der Waals surface area (Å²) < 4.78 is 6.18. The Morgan fingerprint density at radius 2 is 1.85 bits per heavy atom. The number of rotatable bonds is 6. The van der Waals surface area contributed by atoms with Crippen molar-refractivity contribution in [3.05, 3.63) is 47.0 Å². The second-order valence-electron chi connectivity index (χ2n) is 6.88. The van der Waals surface area contributed by atoms with Gasteiger partial charge in [0.1, 0.15) is 0 Å². The van der Waals surface area contributed by atoms with Gasteiger partial charge in [-0.2, -0.15) is 0 Å². The molecule has 0 N–H and O–H groups in total. The minimum atomic E-state index is -1.64. The van der Waals surface area contributed by atoms with Gasteiger partial charge in [-0.3, -0.25) is 0 Å². The fourth-order valence-corrected chi connectivity index (χ4v) is 2.91. The monoisotopic (exact) mass is 310 g/mol. The van der Waals surface area contributed by atoms with Crippen LogP contribution in [0, 0.1) is 0 Å². The minimum absolute atomic E-state index is 0.261. The van der Waals surface area contributed by atoms with Gasteiger partial charge in [0.15, 0.2) is 8.32 Å². The smallest absolute Gasteiger partial charge is 0.191 e. The van der Waals surface area contributed by atoms with Gasteiger partial charge in [0.2, 0.25) is 0 Å². The zero-order valence-corrected chi connectivity index (χ0v) is 15.2. The Balaban J connectivity index is 2.44. The third-order valence-electron chi connectivity index (χ3n) is 4.12. The van der Waals surface area contributed by atoms with E-state index in [2.05, 4.69) is 46.5 Å². The zero-order chi connectivity index (χ0) is 15.4. The molecule has 0 aliphatic carbocycles. The first-order chi connectivity index (χ1) is 9.13. The van der Waals surface area contributed by atoms with Gasteiger partial charge in [-0.05, 0) is 42.6 Å². The normalized spacial score (nSPS) is 12.5. The van der Waals surface area contributed by atoms with Gasteiger partial charge in [0, 0.05) is 11.6 Å². The van der Waals surface area contributed by atoms with Gasteiger partial charge in [-0.25, -0.2) is 0 Å². The molecule has 0 heterocycles. The fourth-order valence-electron chi connectivity index (χ4n) is 1.67. The van der Waals surface area contributed by atoms with E-state index in [4.69, 9.17) is 16.0 Å². The molecule has 1 aromatic rings. The molecule has 0 aliphatic heterocycles. The predicted octanol–water partition coefficient (Wildman–Crippen LogP) is 5.85. The summed E-state index contributed by atoms with van der Waals surface area (Å²) in [4.78, 5) is 0. The molecule has 1 nitrogen and oxygen atoms in total. The van der Waals surface area contributed by atoms with E-state index in [1.807, 2.05) is 18.2 Å². The maximum atomic E-state index is 6.18. The maximum absolute atomic E-state index is 6.18. The van der Waals surface area contributed by atoms with Crippen LogP contribution in [-0.2, 0) is 10.8 Å². The summed E-state index contributed by atoms with van der Waals surface area (Å²) in [5.41, 5.74) is 2.32. The second kappa shape index (κ2) is 6.93. The molecule has 3 heteroatoms. The molecule has 1 aromatic carbocycles. The first kappa shape index (κ1) is 17.5. The minimum Gasteiger partial charge on any atom is -0.417 e. The summed E-state index contributed by atoms with van der Waals surface area (Å²) in [7, 11) is -1.64. The Bertz CT molecular complexity index is 460. The lowest BCUT2D eigenvalue weighted by molar-refractivity contribution is 0.291. The Morgan fingerprint density at radius 1 is 1.25 bits per heavy atom. The van der Waals surface area contributed by atoms with Crippen LogP contribution in [0.1, 0.15) is 32.8 Å². The van der Waals surface area contributed by atoms with Gasteiger partial charge in [0.05, 0.1) is 0 Å². The van der Waals surface area contributed by atoms with Crippen molar-refractivity contribution < 1.29 is 4.43 Å². The molecule has 20 heavy (non-hydrogen) atoms. The van der Waals surface area contributed by atoms with Crippen LogP contribution in [0.3, 0.4) is 0 Å². The second-order valence-corrected chi connectivity index (χ2v) is 12.1. The van der Waals surface area contributed by atoms with Crippen LogP contribution < -0.4 is 0 Å². The highest BCUT2D eigenvalue weighted by Crippen LogP contribution is 2.36. The number of hydrogen-bond acceptors (Lipinski definition) is 1. The van der Waals surface area contributed by atoms with Crippen molar-refractivity contribution in [2.24, 2.45) is 0 Å². The highest BCUT2D eigenvalue weighted by molar-refractivity contribution is 6.74. The van der Waals surface area contributed by atoms with E-state index in [9.17, 15) is 0 Å². The van der Waals surface area contributed by atoms with Crippen molar-refractivity contribution in [3.63, 3.8) is 0 Å². The van der Waals surface area contributed by atoms with Crippen molar-refractivity contribution in [2.75, 3.05) is 6.61 Å². The molecule has 0 amide bonds. The average molecular weight is 311 g/mol. The molecule has 1 rings (SSSR count). The molecule has 0 spiro atoms. The average Bonchev–Trinajstić information content (AvgIpc) is 2.30. The van der Waals surface area contributed by atoms with E-state index >= 15 is 0 Å². The Hall–Kier alpha value is -0.573. The molecule has 0 aromatic heterocycles. The van der Waals surface area contributed by atoms with E-state index in [1.165, 1.54) is 5.57 Å². The van der Waals surface area contributed by atoms with E-state index in [0.29, 0.717) is 0 Å². The summed E-state index contributed by atoms with van der Waals surface area (Å²) in [6.45, 7) is 16.3. The van der Waals surface area contributed by atoms with Crippen LogP contribution in [-0.4, -0.2) is 14.9 Å². The lowest BCUT2D eigenvalue weighted by Crippen LogP contribution is -2.41. The van der Waals surface area contributed by atoms with E-state index < -0.39 is 8.32 Å². The van der Waals surface area contributed by atoms with Crippen molar-refractivity contribution in [1.29, 1.82) is 0 Å². The van der Waals surface area contributed by atoms with Gasteiger partial charge in [-0.15, -0.1) is 0 Å². The molecular weight excluding hydrogens is 284 g/mol. The van der Waals surface area contributed by atoms with Crippen molar-refractivity contribution in [3.8, 4) is 0 Å². The molecule has 0 atom stereocenters. The van der Waals surface area contributed by atoms with Gasteiger partial charge >= 0.3 is 0 Å². The maximum Gasteiger partial charge on any atom is 0.191 e. The van der Waals surface area contributed by atoms with Crippen LogP contribution in [0.4, 0.5) is 0 Å². The molecule has 0 bridgehead atoms. The quantitative estimate of drug-likeness (QED) is 0.473. The first-order valence-corrected chi connectivity index (χ1v) is 10.5. The molecule has 0 aliphatic rings. The first-order valence-electron chi connectivity index (χ1n) is 7.17. The molecule has 0 fully saturated rings. The predicted molar refractivity (Wildman–Crippen MR) is 92.1 cm³/mol. The van der Waals surface area contributed by atoms with Crippen LogP contribution in [0.15, 0.2) is 36.4 Å². The Labute approximate surface area is 130 Å². The van der Waals surface area contributed by atoms with Crippen molar-refractivity contribution in [2.45, 2.75) is 51.7 Å². The molecule has 0 radical (unpaired) electrons. The third kappa shape index (κ3) is 5.08.